The fourth-order valence-corrected chi connectivity index (χ4v) is 2.92. The number of hydrogen-bond acceptors (Lipinski definition) is 3. The van der Waals surface area contributed by atoms with E-state index in [0.717, 1.165) is 13.9 Å². The second kappa shape index (κ2) is 3.29. The summed E-state index contributed by atoms with van der Waals surface area (Å²) in [5.74, 6) is 0.157. The molecule has 4 heteroatoms. The van der Waals surface area contributed by atoms with Crippen LogP contribution in [0.25, 0.3) is 10.1 Å². The summed E-state index contributed by atoms with van der Waals surface area (Å²) >= 11 is 4.88. The Kier molecular flexibility index (Phi) is 2.27. The predicted molar refractivity (Wildman–Crippen MR) is 57.1 cm³/mol. The van der Waals surface area contributed by atoms with E-state index in [-0.39, 0.29) is 12.4 Å². The SMILES string of the molecule is OCc1c(O)ccc2cc(Br)sc12. The molecule has 1 aromatic heterocycles. The van der Waals surface area contributed by atoms with Gasteiger partial charge in [-0.15, -0.1) is 11.3 Å². The molecule has 1 aromatic carbocycles. The number of aliphatic hydroxyl groups is 1. The summed E-state index contributed by atoms with van der Waals surface area (Å²) in [6.07, 6.45) is 0. The summed E-state index contributed by atoms with van der Waals surface area (Å²) in [4.78, 5) is 0. The van der Waals surface area contributed by atoms with Crippen molar-refractivity contribution in [3.8, 4) is 5.75 Å². The zero-order valence-electron chi connectivity index (χ0n) is 6.62. The van der Waals surface area contributed by atoms with Gasteiger partial charge < -0.3 is 10.2 Å². The molecule has 0 aliphatic carbocycles. The van der Waals surface area contributed by atoms with Gasteiger partial charge in [0.05, 0.1) is 10.4 Å². The smallest absolute Gasteiger partial charge is 0.122 e. The lowest BCUT2D eigenvalue weighted by Gasteiger charge is -2.01. The molecule has 0 spiro atoms. The Morgan fingerprint density at radius 3 is 2.85 bits per heavy atom. The molecule has 0 amide bonds. The summed E-state index contributed by atoms with van der Waals surface area (Å²) in [5, 5.41) is 19.5. The third-order valence-corrected chi connectivity index (χ3v) is 3.61. The average Bonchev–Trinajstić information content (AvgIpc) is 2.45. The van der Waals surface area contributed by atoms with Gasteiger partial charge in [-0.1, -0.05) is 0 Å². The zero-order valence-corrected chi connectivity index (χ0v) is 9.02. The molecule has 0 bridgehead atoms. The van der Waals surface area contributed by atoms with Gasteiger partial charge in [0.2, 0.25) is 0 Å². The first-order chi connectivity index (χ1) is 6.22. The van der Waals surface area contributed by atoms with Gasteiger partial charge in [-0.25, -0.2) is 0 Å². The monoisotopic (exact) mass is 258 g/mol. The Hall–Kier alpha value is -0.580. The van der Waals surface area contributed by atoms with Gasteiger partial charge in [-0.05, 0) is 39.5 Å². The lowest BCUT2D eigenvalue weighted by Crippen LogP contribution is -1.83. The average molecular weight is 259 g/mol. The second-order valence-electron chi connectivity index (χ2n) is 2.69. The van der Waals surface area contributed by atoms with Crippen molar-refractivity contribution >= 4 is 37.4 Å². The van der Waals surface area contributed by atoms with Gasteiger partial charge in [0.25, 0.3) is 0 Å². The largest absolute Gasteiger partial charge is 0.508 e. The third-order valence-electron chi connectivity index (χ3n) is 1.89. The Labute approximate surface area is 87.6 Å². The van der Waals surface area contributed by atoms with Crippen molar-refractivity contribution < 1.29 is 10.2 Å². The zero-order chi connectivity index (χ0) is 9.42. The van der Waals surface area contributed by atoms with Crippen LogP contribution < -0.4 is 0 Å². The molecule has 2 nitrogen and oxygen atoms in total. The first kappa shape index (κ1) is 8.99. The van der Waals surface area contributed by atoms with Crippen molar-refractivity contribution in [2.45, 2.75) is 6.61 Å². The van der Waals surface area contributed by atoms with Gasteiger partial charge in [-0.3, -0.25) is 0 Å². The molecular formula is C9H7BrO2S. The van der Waals surface area contributed by atoms with Gasteiger partial charge >= 0.3 is 0 Å². The van der Waals surface area contributed by atoms with Crippen molar-refractivity contribution in [2.24, 2.45) is 0 Å². The Bertz CT molecular complexity index is 450. The van der Waals surface area contributed by atoms with Crippen LogP contribution in [0.5, 0.6) is 5.75 Å². The minimum absolute atomic E-state index is 0.129. The summed E-state index contributed by atoms with van der Waals surface area (Å²) in [6.45, 7) is -0.129. The highest BCUT2D eigenvalue weighted by molar-refractivity contribution is 9.11. The summed E-state index contributed by atoms with van der Waals surface area (Å²) in [5.41, 5.74) is 0.605. The number of fused-ring (bicyclic) bond motifs is 1. The van der Waals surface area contributed by atoms with Crippen molar-refractivity contribution in [3.05, 3.63) is 27.5 Å². The van der Waals surface area contributed by atoms with Crippen LogP contribution in [0.4, 0.5) is 0 Å². The van der Waals surface area contributed by atoms with E-state index in [1.807, 2.05) is 12.1 Å². The Morgan fingerprint density at radius 2 is 2.15 bits per heavy atom. The molecule has 2 aromatic rings. The lowest BCUT2D eigenvalue weighted by molar-refractivity contribution is 0.277. The van der Waals surface area contributed by atoms with Crippen LogP contribution in [-0.4, -0.2) is 10.2 Å². The first-order valence-corrected chi connectivity index (χ1v) is 5.34. The third kappa shape index (κ3) is 1.45. The number of aromatic hydroxyl groups is 1. The van der Waals surface area contributed by atoms with E-state index in [9.17, 15) is 5.11 Å². The van der Waals surface area contributed by atoms with Crippen LogP contribution in [-0.2, 0) is 6.61 Å². The standard InChI is InChI=1S/C9H7BrO2S/c10-8-3-5-1-2-7(12)6(4-11)9(5)13-8/h1-3,11-12H,4H2. The normalized spacial score (nSPS) is 10.9. The Morgan fingerprint density at radius 1 is 1.38 bits per heavy atom. The van der Waals surface area contributed by atoms with E-state index in [1.54, 1.807) is 6.07 Å². The molecule has 2 N–H and O–H groups in total. The number of halogens is 1. The van der Waals surface area contributed by atoms with Crippen LogP contribution in [0.2, 0.25) is 0 Å². The van der Waals surface area contributed by atoms with Crippen molar-refractivity contribution in [2.75, 3.05) is 0 Å². The van der Waals surface area contributed by atoms with Gasteiger partial charge in [0, 0.05) is 10.3 Å². The maximum Gasteiger partial charge on any atom is 0.122 e. The summed E-state index contributed by atoms with van der Waals surface area (Å²) in [6, 6.07) is 5.41. The van der Waals surface area contributed by atoms with E-state index >= 15 is 0 Å². The molecule has 0 fully saturated rings. The van der Waals surface area contributed by atoms with E-state index in [1.165, 1.54) is 11.3 Å². The lowest BCUT2D eigenvalue weighted by atomic mass is 10.1. The van der Waals surface area contributed by atoms with E-state index in [2.05, 4.69) is 15.9 Å². The highest BCUT2D eigenvalue weighted by Gasteiger charge is 2.08. The molecule has 1 heterocycles. The van der Waals surface area contributed by atoms with Crippen molar-refractivity contribution in [1.29, 1.82) is 0 Å². The summed E-state index contributed by atoms with van der Waals surface area (Å²) < 4.78 is 1.94. The number of phenols is 1. The molecule has 13 heavy (non-hydrogen) atoms. The molecule has 0 aliphatic rings. The van der Waals surface area contributed by atoms with Gasteiger partial charge in [0.15, 0.2) is 0 Å². The number of aliphatic hydroxyl groups excluding tert-OH is 1. The van der Waals surface area contributed by atoms with Crippen LogP contribution in [0, 0.1) is 0 Å². The van der Waals surface area contributed by atoms with Crippen LogP contribution in [0.15, 0.2) is 22.0 Å². The maximum absolute atomic E-state index is 9.45. The molecule has 0 saturated carbocycles. The van der Waals surface area contributed by atoms with Crippen LogP contribution in [0.1, 0.15) is 5.56 Å². The molecule has 2 rings (SSSR count). The Balaban J connectivity index is 2.82. The van der Waals surface area contributed by atoms with Gasteiger partial charge in [-0.2, -0.15) is 0 Å². The first-order valence-electron chi connectivity index (χ1n) is 3.73. The van der Waals surface area contributed by atoms with Crippen molar-refractivity contribution in [1.82, 2.24) is 0 Å². The van der Waals surface area contributed by atoms with Crippen LogP contribution in [0.3, 0.4) is 0 Å². The quantitative estimate of drug-likeness (QED) is 0.826. The molecular weight excluding hydrogens is 252 g/mol. The fourth-order valence-electron chi connectivity index (χ4n) is 1.27. The number of thiophene rings is 1. The number of rotatable bonds is 1. The van der Waals surface area contributed by atoms with E-state index in [4.69, 9.17) is 5.11 Å². The van der Waals surface area contributed by atoms with Crippen molar-refractivity contribution in [3.63, 3.8) is 0 Å². The highest BCUT2D eigenvalue weighted by atomic mass is 79.9. The highest BCUT2D eigenvalue weighted by Crippen LogP contribution is 2.35. The molecule has 0 aliphatic heterocycles. The molecule has 0 unspecified atom stereocenters. The molecule has 0 atom stereocenters. The fraction of sp³-hybridized carbons (Fsp3) is 0.111. The second-order valence-corrected chi connectivity index (χ2v) is 5.12. The van der Waals surface area contributed by atoms with Gasteiger partial charge in [0.1, 0.15) is 5.75 Å². The number of hydrogen-bond donors (Lipinski definition) is 2. The van der Waals surface area contributed by atoms with E-state index in [0.29, 0.717) is 5.56 Å². The number of benzene rings is 1. The topological polar surface area (TPSA) is 40.5 Å². The minimum Gasteiger partial charge on any atom is -0.508 e. The molecule has 0 radical (unpaired) electrons. The van der Waals surface area contributed by atoms with Crippen LogP contribution >= 0.6 is 27.3 Å². The van der Waals surface area contributed by atoms with E-state index < -0.39 is 0 Å². The maximum atomic E-state index is 9.45. The summed E-state index contributed by atoms with van der Waals surface area (Å²) in [7, 11) is 0. The minimum atomic E-state index is -0.129. The molecule has 68 valence electrons. The molecule has 0 saturated heterocycles. The predicted octanol–water partition coefficient (Wildman–Crippen LogP) is 2.86.